The highest BCUT2D eigenvalue weighted by molar-refractivity contribution is 4.60. The third kappa shape index (κ3) is 1.28. The lowest BCUT2D eigenvalue weighted by molar-refractivity contribution is 0.144. The molecule has 0 amide bonds. The molecule has 6 nitrogen and oxygen atoms in total. The summed E-state index contributed by atoms with van der Waals surface area (Å²) >= 11 is 0. The first-order valence-electron chi connectivity index (χ1n) is 2.75. The summed E-state index contributed by atoms with van der Waals surface area (Å²) in [6.07, 6.45) is 2.36. The highest BCUT2D eigenvalue weighted by Gasteiger charge is 2.08. The molecule has 1 aromatic heterocycles. The second kappa shape index (κ2) is 3.23. The van der Waals surface area contributed by atoms with Crippen molar-refractivity contribution in [3.63, 3.8) is 0 Å². The van der Waals surface area contributed by atoms with Gasteiger partial charge in [-0.15, -0.1) is 5.10 Å². The zero-order valence-electron chi connectivity index (χ0n) is 5.17. The van der Waals surface area contributed by atoms with Crippen LogP contribution in [0.4, 0.5) is 0 Å². The smallest absolute Gasteiger partial charge is 0.222 e. The lowest BCUT2D eigenvalue weighted by Crippen LogP contribution is -2.17. The molecule has 0 aliphatic rings. The number of rotatable bonds is 3. The molecule has 10 heavy (non-hydrogen) atoms. The van der Waals surface area contributed by atoms with Crippen molar-refractivity contribution in [3.8, 4) is 0 Å². The molecule has 0 aromatic carbocycles. The average molecular weight is 143 g/mol. The molecule has 0 atom stereocenters. The zero-order chi connectivity index (χ0) is 7.40. The molecule has 0 saturated carbocycles. The van der Waals surface area contributed by atoms with Crippen LogP contribution in [0, 0.1) is 6.33 Å². The largest absolute Gasteiger partial charge is 0.394 e. The molecule has 0 unspecified atom stereocenters. The van der Waals surface area contributed by atoms with E-state index < -0.39 is 6.04 Å². The molecule has 2 N–H and O–H groups in total. The number of tetrazole rings is 1. The summed E-state index contributed by atoms with van der Waals surface area (Å²) in [6, 6.07) is -0.477. The van der Waals surface area contributed by atoms with Gasteiger partial charge in [-0.05, 0) is 10.4 Å². The molecule has 6 heteroatoms. The number of aliphatic hydroxyl groups is 2. The Kier molecular flexibility index (Phi) is 2.30. The van der Waals surface area contributed by atoms with Crippen LogP contribution in [-0.4, -0.2) is 43.6 Å². The van der Waals surface area contributed by atoms with Crippen LogP contribution in [0.5, 0.6) is 0 Å². The third-order valence-corrected chi connectivity index (χ3v) is 1.10. The Morgan fingerprint density at radius 1 is 1.40 bits per heavy atom. The molecule has 1 heterocycles. The molecule has 0 saturated heterocycles. The topological polar surface area (TPSA) is 84.1 Å². The van der Waals surface area contributed by atoms with Crippen molar-refractivity contribution in [2.24, 2.45) is 0 Å². The minimum Gasteiger partial charge on any atom is -0.394 e. The summed E-state index contributed by atoms with van der Waals surface area (Å²) in [5.74, 6) is 0. The Morgan fingerprint density at radius 2 is 2.10 bits per heavy atom. The number of hydrogen-bond donors (Lipinski definition) is 2. The molecule has 0 bridgehead atoms. The molecular formula is C4H7N4O2. The number of aromatic nitrogens is 4. The second-order valence-electron chi connectivity index (χ2n) is 1.74. The van der Waals surface area contributed by atoms with E-state index >= 15 is 0 Å². The van der Waals surface area contributed by atoms with Gasteiger partial charge in [0.05, 0.1) is 13.2 Å². The summed E-state index contributed by atoms with van der Waals surface area (Å²) in [5, 5.41) is 27.2. The second-order valence-corrected chi connectivity index (χ2v) is 1.74. The van der Waals surface area contributed by atoms with Crippen molar-refractivity contribution < 1.29 is 10.2 Å². The van der Waals surface area contributed by atoms with Gasteiger partial charge in [-0.1, -0.05) is 0 Å². The van der Waals surface area contributed by atoms with E-state index in [1.807, 2.05) is 0 Å². The quantitative estimate of drug-likeness (QED) is 0.511. The maximum atomic E-state index is 8.60. The fourth-order valence-electron chi connectivity index (χ4n) is 0.516. The molecule has 1 aromatic rings. The Balaban J connectivity index is 2.64. The van der Waals surface area contributed by atoms with E-state index in [1.165, 1.54) is 4.68 Å². The highest BCUT2D eigenvalue weighted by Crippen LogP contribution is 1.97. The van der Waals surface area contributed by atoms with E-state index in [1.54, 1.807) is 0 Å². The van der Waals surface area contributed by atoms with Gasteiger partial charge in [0.15, 0.2) is 0 Å². The van der Waals surface area contributed by atoms with Crippen LogP contribution < -0.4 is 0 Å². The van der Waals surface area contributed by atoms with Crippen LogP contribution >= 0.6 is 0 Å². The Bertz CT molecular complexity index is 171. The molecule has 0 spiro atoms. The average Bonchev–Trinajstić information content (AvgIpc) is 2.43. The van der Waals surface area contributed by atoms with Crippen LogP contribution in [0.1, 0.15) is 6.04 Å². The van der Waals surface area contributed by atoms with Gasteiger partial charge in [-0.3, -0.25) is 0 Å². The van der Waals surface area contributed by atoms with Crippen LogP contribution in [0.15, 0.2) is 0 Å². The van der Waals surface area contributed by atoms with Gasteiger partial charge < -0.3 is 10.2 Å². The number of nitrogens with zero attached hydrogens (tertiary/aromatic N) is 4. The first-order chi connectivity index (χ1) is 4.88. The predicted octanol–water partition coefficient (Wildman–Crippen LogP) is -2.00. The van der Waals surface area contributed by atoms with Gasteiger partial charge in [-0.25, -0.2) is 4.68 Å². The SMILES string of the molecule is OCC(CO)n1[c]nnn1. The van der Waals surface area contributed by atoms with E-state index in [0.717, 1.165) is 0 Å². The maximum Gasteiger partial charge on any atom is 0.222 e. The monoisotopic (exact) mass is 143 g/mol. The lowest BCUT2D eigenvalue weighted by atomic mass is 10.3. The first kappa shape index (κ1) is 7.10. The number of hydrogen-bond acceptors (Lipinski definition) is 5. The van der Waals surface area contributed by atoms with Crippen molar-refractivity contribution >= 4 is 0 Å². The van der Waals surface area contributed by atoms with Gasteiger partial charge in [0.25, 0.3) is 0 Å². The van der Waals surface area contributed by atoms with E-state index in [2.05, 4.69) is 21.9 Å². The van der Waals surface area contributed by atoms with Crippen molar-refractivity contribution in [1.29, 1.82) is 0 Å². The Labute approximate surface area is 57.1 Å². The van der Waals surface area contributed by atoms with Crippen LogP contribution in [0.3, 0.4) is 0 Å². The molecule has 55 valence electrons. The molecule has 0 aliphatic carbocycles. The van der Waals surface area contributed by atoms with Gasteiger partial charge in [0, 0.05) is 0 Å². The fraction of sp³-hybridized carbons (Fsp3) is 0.750. The Hall–Kier alpha value is -1.01. The van der Waals surface area contributed by atoms with Crippen LogP contribution in [-0.2, 0) is 0 Å². The van der Waals surface area contributed by atoms with Gasteiger partial charge >= 0.3 is 0 Å². The van der Waals surface area contributed by atoms with Crippen molar-refractivity contribution in [1.82, 2.24) is 20.2 Å². The molecule has 0 fully saturated rings. The third-order valence-electron chi connectivity index (χ3n) is 1.10. The summed E-state index contributed by atoms with van der Waals surface area (Å²) in [6.45, 7) is -0.393. The predicted molar refractivity (Wildman–Crippen MR) is 29.9 cm³/mol. The first-order valence-corrected chi connectivity index (χ1v) is 2.75. The maximum absolute atomic E-state index is 8.60. The van der Waals surface area contributed by atoms with Gasteiger partial charge in [-0.2, -0.15) is 0 Å². The standard InChI is InChI=1S/C4H7N4O2/c9-1-4(2-10)8-3-5-6-7-8/h4,9-10H,1-2H2. The normalized spacial score (nSPS) is 10.7. The van der Waals surface area contributed by atoms with Crippen LogP contribution in [0.25, 0.3) is 0 Å². The van der Waals surface area contributed by atoms with Crippen LogP contribution in [0.2, 0.25) is 0 Å². The van der Waals surface area contributed by atoms with E-state index in [0.29, 0.717) is 0 Å². The summed E-state index contributed by atoms with van der Waals surface area (Å²) in [7, 11) is 0. The van der Waals surface area contributed by atoms with Gasteiger partial charge in [0.1, 0.15) is 6.04 Å². The van der Waals surface area contributed by atoms with E-state index in [9.17, 15) is 0 Å². The minimum absolute atomic E-state index is 0.196. The minimum atomic E-state index is -0.477. The molecular weight excluding hydrogens is 136 g/mol. The fourth-order valence-corrected chi connectivity index (χ4v) is 0.516. The van der Waals surface area contributed by atoms with Gasteiger partial charge in [0.2, 0.25) is 6.33 Å². The van der Waals surface area contributed by atoms with Crippen molar-refractivity contribution in [3.05, 3.63) is 6.33 Å². The van der Waals surface area contributed by atoms with Crippen molar-refractivity contribution in [2.75, 3.05) is 13.2 Å². The van der Waals surface area contributed by atoms with Crippen molar-refractivity contribution in [2.45, 2.75) is 6.04 Å². The molecule has 1 rings (SSSR count). The summed E-state index contributed by atoms with van der Waals surface area (Å²) in [5.41, 5.74) is 0. The number of aliphatic hydroxyl groups excluding tert-OH is 2. The van der Waals surface area contributed by atoms with E-state index in [4.69, 9.17) is 10.2 Å². The summed E-state index contributed by atoms with van der Waals surface area (Å²) < 4.78 is 1.18. The summed E-state index contributed by atoms with van der Waals surface area (Å²) in [4.78, 5) is 0. The lowest BCUT2D eigenvalue weighted by Gasteiger charge is -2.07. The zero-order valence-corrected chi connectivity index (χ0v) is 5.17. The van der Waals surface area contributed by atoms with E-state index in [-0.39, 0.29) is 13.2 Å². The molecule has 1 radical (unpaired) electrons. The highest BCUT2D eigenvalue weighted by atomic mass is 16.3. The Morgan fingerprint density at radius 3 is 2.50 bits per heavy atom. The molecule has 0 aliphatic heterocycles.